The molecule has 3 fully saturated rings. The van der Waals surface area contributed by atoms with Gasteiger partial charge in [-0.2, -0.15) is 0 Å². The second kappa shape index (κ2) is 20.4. The number of imide groups is 3. The maximum Gasteiger partial charge on any atom is 0.264 e. The number of hydrogen-bond donors (Lipinski definition) is 4. The predicted molar refractivity (Wildman–Crippen MR) is 243 cm³/mol. The van der Waals surface area contributed by atoms with E-state index in [0.717, 1.165) is 22.3 Å². The number of benzene rings is 3. The predicted octanol–water partition coefficient (Wildman–Crippen LogP) is 3.47. The maximum absolute atomic E-state index is 13.3. The van der Waals surface area contributed by atoms with Gasteiger partial charge in [0.25, 0.3) is 17.7 Å². The number of rotatable bonds is 22. The summed E-state index contributed by atoms with van der Waals surface area (Å²) in [6, 6.07) is 18.0. The fourth-order valence-electron chi connectivity index (χ4n) is 9.65. The third-order valence-electron chi connectivity index (χ3n) is 12.9. The molecule has 2 aliphatic carbocycles. The third kappa shape index (κ3) is 9.48. The zero-order valence-corrected chi connectivity index (χ0v) is 36.7. The van der Waals surface area contributed by atoms with Gasteiger partial charge in [-0.05, 0) is 78.8 Å². The van der Waals surface area contributed by atoms with Crippen LogP contribution in [0.3, 0.4) is 0 Å². The minimum absolute atomic E-state index is 0.0550. The number of nitrogens with one attached hydrogen (secondary N) is 4. The molecular weight excluding hydrogens is 863 g/mol. The van der Waals surface area contributed by atoms with E-state index < -0.39 is 29.7 Å². The van der Waals surface area contributed by atoms with E-state index in [1.54, 1.807) is 54.7 Å². The van der Waals surface area contributed by atoms with Gasteiger partial charge in [0.1, 0.15) is 6.04 Å². The zero-order chi connectivity index (χ0) is 46.4. The summed E-state index contributed by atoms with van der Waals surface area (Å²) in [6.45, 7) is 4.69. The molecule has 4 aromatic rings. The summed E-state index contributed by atoms with van der Waals surface area (Å²) in [7, 11) is 0. The monoisotopic (exact) mass is 913 g/mol. The number of anilines is 3. The number of amides is 7. The molecule has 5 atom stereocenters. The first kappa shape index (κ1) is 45.5. The van der Waals surface area contributed by atoms with Crippen LogP contribution in [0.1, 0.15) is 55.9 Å². The van der Waals surface area contributed by atoms with Crippen LogP contribution < -0.4 is 26.2 Å². The Morgan fingerprint density at radius 3 is 2.04 bits per heavy atom. The van der Waals surface area contributed by atoms with Gasteiger partial charge in [-0.1, -0.05) is 30.4 Å². The zero-order valence-electron chi connectivity index (χ0n) is 36.7. The Hall–Kier alpha value is -6.70. The molecule has 1 aromatic heterocycles. The normalized spacial score (nSPS) is 21.7. The summed E-state index contributed by atoms with van der Waals surface area (Å²) in [6.07, 6.45) is 6.87. The van der Waals surface area contributed by atoms with Crippen LogP contribution in [0, 0.1) is 23.7 Å². The number of allylic oxidation sites excluding steroid dienone is 2. The first-order valence-electron chi connectivity index (χ1n) is 22.6. The highest BCUT2D eigenvalue weighted by atomic mass is 16.6. The first-order chi connectivity index (χ1) is 32.7. The van der Waals surface area contributed by atoms with Crippen molar-refractivity contribution in [3.63, 3.8) is 0 Å². The van der Waals surface area contributed by atoms with Gasteiger partial charge in [-0.15, -0.1) is 0 Å². The molecule has 7 amide bonds. The van der Waals surface area contributed by atoms with Gasteiger partial charge in [0.15, 0.2) is 0 Å². The number of piperidine rings is 1. The second-order valence-electron chi connectivity index (χ2n) is 16.9. The lowest BCUT2D eigenvalue weighted by Crippen LogP contribution is -2.54. The number of ether oxygens (including phenoxy) is 4. The highest BCUT2D eigenvalue weighted by Gasteiger charge is 2.59. The number of fused-ring (bicyclic) bond motifs is 7. The van der Waals surface area contributed by atoms with Crippen LogP contribution in [-0.2, 0) is 44.7 Å². The van der Waals surface area contributed by atoms with E-state index in [1.165, 1.54) is 4.90 Å². The summed E-state index contributed by atoms with van der Waals surface area (Å²) in [5, 5.41) is 12.6. The lowest BCUT2D eigenvalue weighted by molar-refractivity contribution is -0.136. The molecule has 2 saturated heterocycles. The van der Waals surface area contributed by atoms with E-state index in [1.807, 2.05) is 18.2 Å². The quantitative estimate of drug-likeness (QED) is 0.0504. The van der Waals surface area contributed by atoms with E-state index in [2.05, 4.69) is 38.4 Å². The Morgan fingerprint density at radius 1 is 0.716 bits per heavy atom. The van der Waals surface area contributed by atoms with E-state index in [9.17, 15) is 33.6 Å². The van der Waals surface area contributed by atoms with Crippen LogP contribution in [0.2, 0.25) is 0 Å². The van der Waals surface area contributed by atoms with Gasteiger partial charge in [0.2, 0.25) is 23.6 Å². The third-order valence-corrected chi connectivity index (χ3v) is 12.9. The van der Waals surface area contributed by atoms with Crippen LogP contribution in [0.4, 0.5) is 17.1 Å². The molecule has 67 heavy (non-hydrogen) atoms. The minimum Gasteiger partial charge on any atom is -0.382 e. The molecule has 18 heteroatoms. The lowest BCUT2D eigenvalue weighted by Gasteiger charge is -2.27. The van der Waals surface area contributed by atoms with Crippen molar-refractivity contribution < 1.29 is 52.5 Å². The summed E-state index contributed by atoms with van der Waals surface area (Å²) >= 11 is 0. The van der Waals surface area contributed by atoms with Crippen LogP contribution >= 0.6 is 0 Å². The van der Waals surface area contributed by atoms with Crippen molar-refractivity contribution in [3.8, 4) is 0 Å². The summed E-state index contributed by atoms with van der Waals surface area (Å²) in [5.41, 5.74) is 3.98. The summed E-state index contributed by atoms with van der Waals surface area (Å²) in [4.78, 5) is 96.8. The highest BCUT2D eigenvalue weighted by molar-refractivity contribution is 6.26. The average molecular weight is 914 g/mol. The first-order valence-corrected chi connectivity index (χ1v) is 22.6. The SMILES string of the molecule is O=C1CCC(N2C(=O)c3cccc(NCCOCCOCCOCCOCCNCc4ccnc5c(NC(=O)c6ccc(N7C(=O)[C@@H]8[C@H](C7=O)C7C=C[C@H]8C7)cc6)cccc45)c3C2=O)C(=O)N1. The van der Waals surface area contributed by atoms with Gasteiger partial charge in [-0.25, -0.2) is 0 Å². The molecule has 9 rings (SSSR count). The molecule has 0 spiro atoms. The Kier molecular flexibility index (Phi) is 13.9. The van der Waals surface area contributed by atoms with Crippen molar-refractivity contribution in [2.75, 3.05) is 81.5 Å². The van der Waals surface area contributed by atoms with Crippen LogP contribution in [-0.4, -0.2) is 123 Å². The summed E-state index contributed by atoms with van der Waals surface area (Å²) in [5.74, 6) is -3.15. The van der Waals surface area contributed by atoms with Gasteiger partial charge in [0.05, 0.1) is 92.7 Å². The Bertz CT molecular complexity index is 2590. The molecule has 348 valence electrons. The second-order valence-corrected chi connectivity index (χ2v) is 16.9. The molecule has 3 aromatic carbocycles. The largest absolute Gasteiger partial charge is 0.382 e. The number of carbonyl (C=O) groups excluding carboxylic acids is 7. The van der Waals surface area contributed by atoms with Crippen molar-refractivity contribution in [3.05, 3.63) is 107 Å². The Balaban J connectivity index is 0.614. The number of hydrogen-bond acceptors (Lipinski definition) is 14. The molecule has 4 N–H and O–H groups in total. The van der Waals surface area contributed by atoms with E-state index in [4.69, 9.17) is 18.9 Å². The molecule has 5 aliphatic rings. The van der Waals surface area contributed by atoms with E-state index >= 15 is 0 Å². The summed E-state index contributed by atoms with van der Waals surface area (Å²) < 4.78 is 22.5. The van der Waals surface area contributed by atoms with Crippen molar-refractivity contribution >= 4 is 69.3 Å². The van der Waals surface area contributed by atoms with Crippen LogP contribution in [0.25, 0.3) is 10.9 Å². The van der Waals surface area contributed by atoms with Crippen molar-refractivity contribution in [2.45, 2.75) is 31.8 Å². The van der Waals surface area contributed by atoms with Gasteiger partial charge in [-0.3, -0.25) is 53.7 Å². The topological polar surface area (TPSA) is 224 Å². The molecule has 0 radical (unpaired) electrons. The number of aromatic nitrogens is 1. The van der Waals surface area contributed by atoms with Gasteiger partial charge in [0, 0.05) is 48.9 Å². The molecule has 18 nitrogen and oxygen atoms in total. The van der Waals surface area contributed by atoms with Crippen molar-refractivity contribution in [2.24, 2.45) is 23.7 Å². The number of para-hydroxylation sites is 1. The molecule has 3 aliphatic heterocycles. The number of carbonyl (C=O) groups is 7. The van der Waals surface area contributed by atoms with Crippen molar-refractivity contribution in [1.82, 2.24) is 20.5 Å². The molecule has 2 bridgehead atoms. The molecule has 2 unspecified atom stereocenters. The molecule has 1 saturated carbocycles. The fraction of sp³-hybridized carbons (Fsp3) is 0.388. The number of nitrogens with zero attached hydrogens (tertiary/aromatic N) is 3. The Morgan fingerprint density at radius 2 is 1.36 bits per heavy atom. The fourth-order valence-corrected chi connectivity index (χ4v) is 9.65. The van der Waals surface area contributed by atoms with E-state index in [0.29, 0.717) is 101 Å². The maximum atomic E-state index is 13.3. The van der Waals surface area contributed by atoms with E-state index in [-0.39, 0.29) is 65.4 Å². The van der Waals surface area contributed by atoms with Crippen LogP contribution in [0.15, 0.2) is 85.1 Å². The van der Waals surface area contributed by atoms with Gasteiger partial charge >= 0.3 is 0 Å². The standard InChI is InChI=1S/C49H51N7O11/c57-39-14-13-38(45(59)54-39)56-46(60)35-4-2-5-36(42(35)49(56)63)51-18-20-65-22-24-67-26-25-66-23-21-64-19-17-50-28-32-15-16-52-43-34(32)3-1-6-37(43)53-44(58)29-9-11-33(12-10-29)55-47(61)40-30-7-8-31(27-30)41(40)48(55)62/h1-12,15-16,30-31,38,40-41,50-51H,13-14,17-28H2,(H,53,58)(H,54,57,59)/t30-,31?,38?,40-,41+/m0/s1. The van der Waals surface area contributed by atoms with Gasteiger partial charge < -0.3 is 34.9 Å². The Labute approximate surface area is 385 Å². The molecule has 4 heterocycles. The average Bonchev–Trinajstić information content (AvgIpc) is 4.08. The number of pyridine rings is 1. The smallest absolute Gasteiger partial charge is 0.264 e. The van der Waals surface area contributed by atoms with Crippen LogP contribution in [0.5, 0.6) is 0 Å². The highest BCUT2D eigenvalue weighted by Crippen LogP contribution is 2.53. The lowest BCUT2D eigenvalue weighted by atomic mass is 9.85. The molecular formula is C49H51N7O11. The van der Waals surface area contributed by atoms with Crippen molar-refractivity contribution in [1.29, 1.82) is 0 Å². The minimum atomic E-state index is -1.03.